The Morgan fingerprint density at radius 2 is 2.00 bits per heavy atom. The number of piperidine rings is 1. The average Bonchev–Trinajstić information content (AvgIpc) is 2.46. The highest BCUT2D eigenvalue weighted by Crippen LogP contribution is 2.22. The van der Waals surface area contributed by atoms with E-state index in [1.165, 1.54) is 12.2 Å². The van der Waals surface area contributed by atoms with Crippen LogP contribution in [-0.2, 0) is 4.79 Å². The number of likely N-dealkylation sites (tertiary alicyclic amines) is 1. The first-order valence-electron chi connectivity index (χ1n) is 7.50. The van der Waals surface area contributed by atoms with Crippen LogP contribution in [0.15, 0.2) is 0 Å². The van der Waals surface area contributed by atoms with Crippen LogP contribution in [0.25, 0.3) is 0 Å². The molecule has 1 unspecified atom stereocenters. The third kappa shape index (κ3) is 4.89. The van der Waals surface area contributed by atoms with E-state index in [0.29, 0.717) is 12.0 Å². The molecule has 1 atom stereocenters. The van der Waals surface area contributed by atoms with E-state index >= 15 is 0 Å². The fourth-order valence-electron chi connectivity index (χ4n) is 2.87. The molecule has 0 saturated carbocycles. The molecule has 0 aromatic rings. The quantitative estimate of drug-likeness (QED) is 0.835. The standard InChI is InChI=1S/C14H24N2O3S/c17-13(18)4-3-11-5-7-16(8-6-11)14(19)15-12-2-1-9-20-10-12/h11-12H,1-10H2,(H,15,19)(H,17,18). The van der Waals surface area contributed by atoms with Gasteiger partial charge in [0.15, 0.2) is 0 Å². The number of thioether (sulfide) groups is 1. The zero-order valence-corrected chi connectivity index (χ0v) is 12.7. The second-order valence-electron chi connectivity index (χ2n) is 5.73. The van der Waals surface area contributed by atoms with Crippen molar-refractivity contribution in [2.45, 2.75) is 44.6 Å². The number of carbonyl (C=O) groups excluding carboxylic acids is 1. The van der Waals surface area contributed by atoms with Gasteiger partial charge in [0.2, 0.25) is 0 Å². The normalized spacial score (nSPS) is 24.4. The van der Waals surface area contributed by atoms with E-state index in [4.69, 9.17) is 5.11 Å². The minimum absolute atomic E-state index is 0.0641. The van der Waals surface area contributed by atoms with E-state index in [-0.39, 0.29) is 12.5 Å². The van der Waals surface area contributed by atoms with Gasteiger partial charge in [0.05, 0.1) is 0 Å². The summed E-state index contributed by atoms with van der Waals surface area (Å²) < 4.78 is 0. The van der Waals surface area contributed by atoms with Crippen LogP contribution < -0.4 is 5.32 Å². The summed E-state index contributed by atoms with van der Waals surface area (Å²) in [4.78, 5) is 24.6. The fraction of sp³-hybridized carbons (Fsp3) is 0.857. The van der Waals surface area contributed by atoms with E-state index in [1.54, 1.807) is 0 Å². The molecule has 5 nitrogen and oxygen atoms in total. The minimum atomic E-state index is -0.722. The molecule has 2 N–H and O–H groups in total. The lowest BCUT2D eigenvalue weighted by Gasteiger charge is -2.33. The Kier molecular flexibility index (Phi) is 6.01. The molecule has 2 amide bonds. The van der Waals surface area contributed by atoms with Crippen molar-refractivity contribution in [2.24, 2.45) is 5.92 Å². The fourth-order valence-corrected chi connectivity index (χ4v) is 3.94. The number of carboxylic acids is 1. The molecular weight excluding hydrogens is 276 g/mol. The van der Waals surface area contributed by atoms with Gasteiger partial charge in [-0.15, -0.1) is 0 Å². The number of hydrogen-bond acceptors (Lipinski definition) is 3. The zero-order valence-electron chi connectivity index (χ0n) is 11.8. The van der Waals surface area contributed by atoms with Crippen molar-refractivity contribution in [1.29, 1.82) is 0 Å². The zero-order chi connectivity index (χ0) is 14.4. The Morgan fingerprint density at radius 3 is 2.60 bits per heavy atom. The van der Waals surface area contributed by atoms with Crippen LogP contribution in [0.3, 0.4) is 0 Å². The third-order valence-electron chi connectivity index (χ3n) is 4.16. The maximum Gasteiger partial charge on any atom is 0.317 e. The number of nitrogens with zero attached hydrogens (tertiary/aromatic N) is 1. The predicted molar refractivity (Wildman–Crippen MR) is 80.0 cm³/mol. The van der Waals surface area contributed by atoms with Crippen LogP contribution in [0.4, 0.5) is 4.79 Å². The van der Waals surface area contributed by atoms with Gasteiger partial charge in [0.25, 0.3) is 0 Å². The smallest absolute Gasteiger partial charge is 0.317 e. The molecule has 0 spiro atoms. The first-order chi connectivity index (χ1) is 9.65. The first kappa shape index (κ1) is 15.5. The van der Waals surface area contributed by atoms with Crippen LogP contribution in [0.2, 0.25) is 0 Å². The van der Waals surface area contributed by atoms with Crippen LogP contribution in [0.5, 0.6) is 0 Å². The summed E-state index contributed by atoms with van der Waals surface area (Å²) in [5.74, 6) is 1.97. The predicted octanol–water partition coefficient (Wildman–Crippen LogP) is 2.17. The van der Waals surface area contributed by atoms with Crippen molar-refractivity contribution in [3.05, 3.63) is 0 Å². The summed E-state index contributed by atoms with van der Waals surface area (Å²) >= 11 is 1.91. The number of aliphatic carboxylic acids is 1. The Hall–Kier alpha value is -0.910. The molecule has 0 radical (unpaired) electrons. The highest BCUT2D eigenvalue weighted by molar-refractivity contribution is 7.99. The first-order valence-corrected chi connectivity index (χ1v) is 8.65. The van der Waals surface area contributed by atoms with Gasteiger partial charge in [-0.25, -0.2) is 4.79 Å². The molecular formula is C14H24N2O3S. The Morgan fingerprint density at radius 1 is 1.25 bits per heavy atom. The van der Waals surface area contributed by atoms with Gasteiger partial charge in [-0.3, -0.25) is 4.79 Å². The van der Waals surface area contributed by atoms with Crippen molar-refractivity contribution >= 4 is 23.8 Å². The van der Waals surface area contributed by atoms with Crippen LogP contribution in [0.1, 0.15) is 38.5 Å². The van der Waals surface area contributed by atoms with Crippen molar-refractivity contribution in [3.8, 4) is 0 Å². The summed E-state index contributed by atoms with van der Waals surface area (Å²) in [6, 6.07) is 0.389. The van der Waals surface area contributed by atoms with E-state index < -0.39 is 5.97 Å². The largest absolute Gasteiger partial charge is 0.481 e. The van der Waals surface area contributed by atoms with Gasteiger partial charge < -0.3 is 15.3 Å². The Balaban J connectivity index is 1.67. The summed E-state index contributed by atoms with van der Waals surface area (Å²) in [5, 5.41) is 11.8. The van der Waals surface area contributed by atoms with E-state index in [2.05, 4.69) is 5.32 Å². The summed E-state index contributed by atoms with van der Waals surface area (Å²) in [7, 11) is 0. The van der Waals surface area contributed by atoms with Gasteiger partial charge in [0, 0.05) is 31.3 Å². The molecule has 0 aliphatic carbocycles. The molecule has 2 aliphatic rings. The van der Waals surface area contributed by atoms with Gasteiger partial charge in [-0.1, -0.05) is 0 Å². The summed E-state index contributed by atoms with van der Waals surface area (Å²) in [5.41, 5.74) is 0. The van der Waals surface area contributed by atoms with E-state index in [9.17, 15) is 9.59 Å². The maximum absolute atomic E-state index is 12.2. The number of carbonyl (C=O) groups is 2. The highest BCUT2D eigenvalue weighted by atomic mass is 32.2. The maximum atomic E-state index is 12.2. The molecule has 0 bridgehead atoms. The number of nitrogens with one attached hydrogen (secondary N) is 1. The molecule has 2 rings (SSSR count). The van der Waals surface area contributed by atoms with Gasteiger partial charge in [-0.2, -0.15) is 11.8 Å². The van der Waals surface area contributed by atoms with Crippen molar-refractivity contribution in [1.82, 2.24) is 10.2 Å². The second kappa shape index (κ2) is 7.76. The number of carboxylic acid groups (broad SMARTS) is 1. The molecule has 2 saturated heterocycles. The van der Waals surface area contributed by atoms with E-state index in [0.717, 1.165) is 44.5 Å². The third-order valence-corrected chi connectivity index (χ3v) is 5.37. The molecule has 2 fully saturated rings. The molecule has 0 aromatic carbocycles. The molecule has 114 valence electrons. The lowest BCUT2D eigenvalue weighted by Crippen LogP contribution is -2.49. The lowest BCUT2D eigenvalue weighted by molar-refractivity contribution is -0.137. The topological polar surface area (TPSA) is 69.6 Å². The van der Waals surface area contributed by atoms with Crippen molar-refractivity contribution in [2.75, 3.05) is 24.6 Å². The van der Waals surface area contributed by atoms with Crippen molar-refractivity contribution < 1.29 is 14.7 Å². The Bertz CT molecular complexity index is 337. The average molecular weight is 300 g/mol. The van der Waals surface area contributed by atoms with Gasteiger partial charge in [0.1, 0.15) is 0 Å². The number of urea groups is 1. The Labute approximate surface area is 124 Å². The van der Waals surface area contributed by atoms with Gasteiger partial charge >= 0.3 is 12.0 Å². The van der Waals surface area contributed by atoms with E-state index in [1.807, 2.05) is 16.7 Å². The van der Waals surface area contributed by atoms with Gasteiger partial charge in [-0.05, 0) is 43.8 Å². The summed E-state index contributed by atoms with van der Waals surface area (Å²) in [6.45, 7) is 1.52. The number of hydrogen-bond donors (Lipinski definition) is 2. The second-order valence-corrected chi connectivity index (χ2v) is 6.88. The van der Waals surface area contributed by atoms with Crippen LogP contribution >= 0.6 is 11.8 Å². The molecule has 6 heteroatoms. The monoisotopic (exact) mass is 300 g/mol. The molecule has 2 aliphatic heterocycles. The molecule has 2 heterocycles. The number of rotatable bonds is 4. The van der Waals surface area contributed by atoms with Crippen LogP contribution in [-0.4, -0.2) is 52.6 Å². The van der Waals surface area contributed by atoms with Crippen molar-refractivity contribution in [3.63, 3.8) is 0 Å². The number of amides is 2. The lowest BCUT2D eigenvalue weighted by atomic mass is 9.92. The molecule has 20 heavy (non-hydrogen) atoms. The highest BCUT2D eigenvalue weighted by Gasteiger charge is 2.25. The SMILES string of the molecule is O=C(O)CCC1CCN(C(=O)NC2CCCSC2)CC1. The minimum Gasteiger partial charge on any atom is -0.481 e. The summed E-state index contributed by atoms with van der Waals surface area (Å²) in [6.07, 6.45) is 5.13. The van der Waals surface area contributed by atoms with Crippen LogP contribution in [0, 0.1) is 5.92 Å². The molecule has 0 aromatic heterocycles.